The molecule has 0 fully saturated rings. The second kappa shape index (κ2) is 5.37. The number of nitrogens with zero attached hydrogens (tertiary/aromatic N) is 1. The normalized spacial score (nSPS) is 10.3. The van der Waals surface area contributed by atoms with Crippen LogP contribution in [0.3, 0.4) is 0 Å². The predicted octanol–water partition coefficient (Wildman–Crippen LogP) is 3.38. The Morgan fingerprint density at radius 2 is 2.33 bits per heavy atom. The number of thiophene rings is 1. The molecule has 0 saturated heterocycles. The molecule has 0 amide bonds. The van der Waals surface area contributed by atoms with E-state index < -0.39 is 5.97 Å². The highest BCUT2D eigenvalue weighted by Gasteiger charge is 2.08. The smallest absolute Gasteiger partial charge is 0.345 e. The number of carboxylic acids is 1. The van der Waals surface area contributed by atoms with Gasteiger partial charge in [-0.05, 0) is 19.1 Å². The van der Waals surface area contributed by atoms with Crippen LogP contribution in [0.25, 0.3) is 0 Å². The Hall–Kier alpha value is -1.59. The summed E-state index contributed by atoms with van der Waals surface area (Å²) in [4.78, 5) is 15.9. The number of carbonyl (C=O) groups is 1. The average Bonchev–Trinajstić information content (AvgIpc) is 2.79. The largest absolute Gasteiger partial charge is 0.486 e. The Kier molecular flexibility index (Phi) is 3.84. The minimum absolute atomic E-state index is 0.301. The summed E-state index contributed by atoms with van der Waals surface area (Å²) in [5.41, 5.74) is 0.745. The van der Waals surface area contributed by atoms with Gasteiger partial charge in [0, 0.05) is 17.1 Å². The minimum Gasteiger partial charge on any atom is -0.486 e. The highest BCUT2D eigenvalue weighted by atomic mass is 35.5. The molecule has 0 saturated carbocycles. The molecule has 2 aromatic heterocycles. The van der Waals surface area contributed by atoms with Crippen molar-refractivity contribution in [2.24, 2.45) is 0 Å². The topological polar surface area (TPSA) is 59.4 Å². The molecule has 0 aliphatic heterocycles. The average molecular weight is 284 g/mol. The van der Waals surface area contributed by atoms with Crippen LogP contribution in [-0.4, -0.2) is 16.1 Å². The third kappa shape index (κ3) is 3.00. The lowest BCUT2D eigenvalue weighted by Crippen LogP contribution is -1.96. The molecule has 2 aromatic rings. The first-order chi connectivity index (χ1) is 8.56. The quantitative estimate of drug-likeness (QED) is 0.934. The Labute approximate surface area is 113 Å². The number of carboxylic acid groups (broad SMARTS) is 1. The van der Waals surface area contributed by atoms with Crippen LogP contribution in [0.2, 0.25) is 5.02 Å². The van der Waals surface area contributed by atoms with Gasteiger partial charge < -0.3 is 9.84 Å². The van der Waals surface area contributed by atoms with Crippen molar-refractivity contribution in [3.05, 3.63) is 44.9 Å². The van der Waals surface area contributed by atoms with Crippen LogP contribution >= 0.6 is 22.9 Å². The van der Waals surface area contributed by atoms with E-state index in [9.17, 15) is 4.79 Å². The van der Waals surface area contributed by atoms with Gasteiger partial charge in [0.25, 0.3) is 0 Å². The molecule has 6 heteroatoms. The van der Waals surface area contributed by atoms with Crippen molar-refractivity contribution in [1.29, 1.82) is 0 Å². The Balaban J connectivity index is 2.06. The zero-order valence-corrected chi connectivity index (χ0v) is 11.1. The summed E-state index contributed by atoms with van der Waals surface area (Å²) in [6.07, 6.45) is 1.55. The van der Waals surface area contributed by atoms with Crippen molar-refractivity contribution in [1.82, 2.24) is 4.98 Å². The molecule has 0 aliphatic rings. The van der Waals surface area contributed by atoms with Crippen LogP contribution in [0.15, 0.2) is 24.4 Å². The zero-order chi connectivity index (χ0) is 13.1. The van der Waals surface area contributed by atoms with Crippen LogP contribution in [0.1, 0.15) is 20.2 Å². The number of hydrogen-bond donors (Lipinski definition) is 1. The number of aromatic nitrogens is 1. The third-order valence-electron chi connectivity index (χ3n) is 2.25. The monoisotopic (exact) mass is 283 g/mol. The predicted molar refractivity (Wildman–Crippen MR) is 69.6 cm³/mol. The summed E-state index contributed by atoms with van der Waals surface area (Å²) in [5, 5.41) is 9.31. The SMILES string of the molecule is Cc1ncc(Cl)cc1OCc1ccc(C(=O)O)s1. The van der Waals surface area contributed by atoms with Crippen LogP contribution in [0, 0.1) is 6.92 Å². The molecule has 0 atom stereocenters. The maximum absolute atomic E-state index is 10.7. The molecule has 2 rings (SSSR count). The molecule has 0 aliphatic carbocycles. The number of aromatic carboxylic acids is 1. The van der Waals surface area contributed by atoms with Gasteiger partial charge in [-0.3, -0.25) is 4.98 Å². The highest BCUT2D eigenvalue weighted by molar-refractivity contribution is 7.13. The van der Waals surface area contributed by atoms with Gasteiger partial charge in [0.1, 0.15) is 17.2 Å². The second-order valence-corrected chi connectivity index (χ2v) is 5.20. The van der Waals surface area contributed by atoms with Crippen LogP contribution < -0.4 is 4.74 Å². The number of halogens is 1. The standard InChI is InChI=1S/C12H10ClNO3S/c1-7-10(4-8(13)5-14-7)17-6-9-2-3-11(18-9)12(15)16/h2-5H,6H2,1H3,(H,15,16). The highest BCUT2D eigenvalue weighted by Crippen LogP contribution is 2.23. The first-order valence-electron chi connectivity index (χ1n) is 5.13. The van der Waals surface area contributed by atoms with E-state index in [-0.39, 0.29) is 0 Å². The Morgan fingerprint density at radius 3 is 3.00 bits per heavy atom. The number of hydrogen-bond acceptors (Lipinski definition) is 4. The molecule has 0 radical (unpaired) electrons. The maximum atomic E-state index is 10.7. The lowest BCUT2D eigenvalue weighted by atomic mass is 10.3. The van der Waals surface area contributed by atoms with Gasteiger partial charge in [-0.15, -0.1) is 11.3 Å². The van der Waals surface area contributed by atoms with E-state index >= 15 is 0 Å². The molecule has 4 nitrogen and oxygen atoms in total. The molecule has 0 unspecified atom stereocenters. The zero-order valence-electron chi connectivity index (χ0n) is 9.51. The number of pyridine rings is 1. The van der Waals surface area contributed by atoms with Gasteiger partial charge in [-0.25, -0.2) is 4.79 Å². The van der Waals surface area contributed by atoms with Crippen molar-refractivity contribution < 1.29 is 14.6 Å². The molecule has 94 valence electrons. The Bertz CT molecular complexity index is 582. The first-order valence-corrected chi connectivity index (χ1v) is 6.32. The van der Waals surface area contributed by atoms with E-state index in [4.69, 9.17) is 21.4 Å². The lowest BCUT2D eigenvalue weighted by Gasteiger charge is -2.07. The van der Waals surface area contributed by atoms with Crippen molar-refractivity contribution in [3.63, 3.8) is 0 Å². The van der Waals surface area contributed by atoms with Gasteiger partial charge >= 0.3 is 5.97 Å². The summed E-state index contributed by atoms with van der Waals surface area (Å²) in [5.74, 6) is -0.320. The molecule has 2 heterocycles. The van der Waals surface area contributed by atoms with E-state index in [0.717, 1.165) is 10.6 Å². The van der Waals surface area contributed by atoms with Crippen LogP contribution in [0.4, 0.5) is 0 Å². The molecule has 0 bridgehead atoms. The minimum atomic E-state index is -0.924. The van der Waals surface area contributed by atoms with E-state index in [1.807, 2.05) is 6.92 Å². The van der Waals surface area contributed by atoms with Gasteiger partial charge in [-0.2, -0.15) is 0 Å². The maximum Gasteiger partial charge on any atom is 0.345 e. The molecule has 18 heavy (non-hydrogen) atoms. The number of ether oxygens (including phenoxy) is 1. The summed E-state index contributed by atoms with van der Waals surface area (Å²) in [6.45, 7) is 2.13. The molecule has 1 N–H and O–H groups in total. The first kappa shape index (κ1) is 12.9. The fourth-order valence-corrected chi connectivity index (χ4v) is 2.26. The van der Waals surface area contributed by atoms with Gasteiger partial charge in [-0.1, -0.05) is 11.6 Å². The van der Waals surface area contributed by atoms with E-state index in [0.29, 0.717) is 22.3 Å². The fourth-order valence-electron chi connectivity index (χ4n) is 1.35. The van der Waals surface area contributed by atoms with Crippen molar-refractivity contribution >= 4 is 28.9 Å². The van der Waals surface area contributed by atoms with Crippen molar-refractivity contribution in [3.8, 4) is 5.75 Å². The molecular formula is C12H10ClNO3S. The molecule has 0 spiro atoms. The number of rotatable bonds is 4. The van der Waals surface area contributed by atoms with Gasteiger partial charge in [0.15, 0.2) is 0 Å². The van der Waals surface area contributed by atoms with Crippen molar-refractivity contribution in [2.45, 2.75) is 13.5 Å². The van der Waals surface area contributed by atoms with Gasteiger partial charge in [0.05, 0.1) is 10.7 Å². The van der Waals surface area contributed by atoms with E-state index in [1.165, 1.54) is 11.3 Å². The van der Waals surface area contributed by atoms with Crippen molar-refractivity contribution in [2.75, 3.05) is 0 Å². The second-order valence-electron chi connectivity index (χ2n) is 3.60. The number of aryl methyl sites for hydroxylation is 1. The fraction of sp³-hybridized carbons (Fsp3) is 0.167. The lowest BCUT2D eigenvalue weighted by molar-refractivity contribution is 0.0702. The summed E-state index contributed by atoms with van der Waals surface area (Å²) in [7, 11) is 0. The Morgan fingerprint density at radius 1 is 1.56 bits per heavy atom. The van der Waals surface area contributed by atoms with Crippen LogP contribution in [-0.2, 0) is 6.61 Å². The summed E-state index contributed by atoms with van der Waals surface area (Å²) in [6, 6.07) is 4.99. The molecule has 0 aromatic carbocycles. The van der Waals surface area contributed by atoms with E-state index in [2.05, 4.69) is 4.98 Å². The summed E-state index contributed by atoms with van der Waals surface area (Å²) >= 11 is 7.02. The summed E-state index contributed by atoms with van der Waals surface area (Å²) < 4.78 is 5.57. The van der Waals surface area contributed by atoms with Gasteiger partial charge in [0.2, 0.25) is 0 Å². The van der Waals surface area contributed by atoms with Crippen LogP contribution in [0.5, 0.6) is 5.75 Å². The van der Waals surface area contributed by atoms with E-state index in [1.54, 1.807) is 24.4 Å². The molecular weight excluding hydrogens is 274 g/mol. The third-order valence-corrected chi connectivity index (χ3v) is 3.50.